The third-order valence-electron chi connectivity index (χ3n) is 10.1. The number of carbonyl (C=O) groups is 4. The van der Waals surface area contributed by atoms with Crippen LogP contribution in [0.5, 0.6) is 11.5 Å². The van der Waals surface area contributed by atoms with Crippen molar-refractivity contribution >= 4 is 58.2 Å². The van der Waals surface area contributed by atoms with E-state index in [0.717, 1.165) is 17.0 Å². The van der Waals surface area contributed by atoms with Crippen LogP contribution in [0.3, 0.4) is 0 Å². The number of alkyl halides is 2. The molecule has 3 aliphatic heterocycles. The number of hydrogen-bond acceptors (Lipinski definition) is 6. The first kappa shape index (κ1) is 29.0. The van der Waals surface area contributed by atoms with Crippen molar-refractivity contribution in [3.05, 3.63) is 108 Å². The van der Waals surface area contributed by atoms with E-state index in [9.17, 15) is 28.7 Å². The standard InChI is InChI=1S/C35H25Cl2FN2O6/c36-34-16-26-24(11-12-25-28(26)31(43)39(30(25)42)21-4-2-1-3-5-21)29(19-14-18-15-23(41)10-13-27(18)46-17-19)35(34,37)33(45)40(32(34)44)22-8-6-20(38)7-9-22/h1-11,13,15,17,25-26,28-29,41H,12,14,16H2/t25-,26+,28-,29-,34+,35-/m0/s1. The normalized spacial score (nSPS) is 31.5. The molecule has 3 heterocycles. The molecule has 1 saturated carbocycles. The van der Waals surface area contributed by atoms with Gasteiger partial charge in [-0.15, -0.1) is 23.2 Å². The van der Waals surface area contributed by atoms with Gasteiger partial charge in [0.2, 0.25) is 11.8 Å². The second kappa shape index (κ2) is 10.0. The van der Waals surface area contributed by atoms with Crippen LogP contribution in [0, 0.1) is 29.5 Å². The molecule has 1 N–H and O–H groups in total. The van der Waals surface area contributed by atoms with Gasteiger partial charge in [-0.1, -0.05) is 29.8 Å². The molecule has 6 atom stereocenters. The summed E-state index contributed by atoms with van der Waals surface area (Å²) in [7, 11) is 0. The predicted molar refractivity (Wildman–Crippen MR) is 167 cm³/mol. The van der Waals surface area contributed by atoms with Gasteiger partial charge in [-0.05, 0) is 78.9 Å². The van der Waals surface area contributed by atoms with E-state index in [2.05, 4.69) is 0 Å². The highest BCUT2D eigenvalue weighted by Crippen LogP contribution is 2.65. The number of carbonyl (C=O) groups excluding carboxylic acids is 4. The topological polar surface area (TPSA) is 104 Å². The van der Waals surface area contributed by atoms with Crippen molar-refractivity contribution in [2.24, 2.45) is 23.7 Å². The first-order valence-corrected chi connectivity index (χ1v) is 15.6. The van der Waals surface area contributed by atoms with Gasteiger partial charge in [-0.3, -0.25) is 24.1 Å². The predicted octanol–water partition coefficient (Wildman–Crippen LogP) is 5.65. The Morgan fingerprint density at radius 3 is 2.30 bits per heavy atom. The van der Waals surface area contributed by atoms with E-state index >= 15 is 0 Å². The lowest BCUT2D eigenvalue weighted by atomic mass is 9.56. The van der Waals surface area contributed by atoms with E-state index in [1.807, 2.05) is 6.08 Å². The summed E-state index contributed by atoms with van der Waals surface area (Å²) in [5.41, 5.74) is 2.33. The van der Waals surface area contributed by atoms with Crippen molar-refractivity contribution in [1.82, 2.24) is 0 Å². The number of imide groups is 2. The number of amides is 4. The number of nitrogens with zero attached hydrogens (tertiary/aromatic N) is 2. The zero-order valence-corrected chi connectivity index (χ0v) is 25.5. The summed E-state index contributed by atoms with van der Waals surface area (Å²) < 4.78 is 19.8. The Kier molecular flexibility index (Phi) is 6.31. The highest BCUT2D eigenvalue weighted by atomic mass is 35.5. The lowest BCUT2D eigenvalue weighted by Crippen LogP contribution is -2.61. The van der Waals surface area contributed by atoms with E-state index in [-0.39, 0.29) is 36.6 Å². The minimum atomic E-state index is -2.07. The smallest absolute Gasteiger partial charge is 0.258 e. The van der Waals surface area contributed by atoms with Crippen LogP contribution in [0.2, 0.25) is 0 Å². The van der Waals surface area contributed by atoms with Crippen molar-refractivity contribution in [3.63, 3.8) is 0 Å². The Bertz CT molecular complexity index is 1930. The number of phenols is 1. The van der Waals surface area contributed by atoms with Crippen LogP contribution in [0.15, 0.2) is 96.3 Å². The molecule has 11 heteroatoms. The zero-order valence-electron chi connectivity index (χ0n) is 24.0. The summed E-state index contributed by atoms with van der Waals surface area (Å²) in [5.74, 6) is -5.64. The molecule has 3 aromatic rings. The summed E-state index contributed by atoms with van der Waals surface area (Å²) >= 11 is 14.8. The Hall–Kier alpha value is -4.47. The van der Waals surface area contributed by atoms with Gasteiger partial charge in [0, 0.05) is 17.9 Å². The molecular formula is C35H25Cl2FN2O6. The van der Waals surface area contributed by atoms with E-state index in [1.165, 1.54) is 29.4 Å². The van der Waals surface area contributed by atoms with Gasteiger partial charge in [0.1, 0.15) is 17.3 Å². The largest absolute Gasteiger partial charge is 0.508 e. The van der Waals surface area contributed by atoms with Crippen LogP contribution in [0.25, 0.3) is 0 Å². The second-order valence-corrected chi connectivity index (χ2v) is 13.6. The van der Waals surface area contributed by atoms with Gasteiger partial charge in [-0.2, -0.15) is 0 Å². The third-order valence-corrected chi connectivity index (χ3v) is 11.5. The fourth-order valence-corrected chi connectivity index (χ4v) is 8.99. The van der Waals surface area contributed by atoms with E-state index in [4.69, 9.17) is 27.9 Å². The number of rotatable bonds is 3. The van der Waals surface area contributed by atoms with Gasteiger partial charge >= 0.3 is 0 Å². The molecular weight excluding hydrogens is 634 g/mol. The maximum absolute atomic E-state index is 14.5. The van der Waals surface area contributed by atoms with Crippen molar-refractivity contribution < 1.29 is 33.4 Å². The maximum Gasteiger partial charge on any atom is 0.258 e. The van der Waals surface area contributed by atoms with Gasteiger partial charge in [0.25, 0.3) is 11.8 Å². The quantitative estimate of drug-likeness (QED) is 0.222. The average molecular weight is 659 g/mol. The molecule has 3 fully saturated rings. The summed E-state index contributed by atoms with van der Waals surface area (Å²) in [4.78, 5) is 54.7. The van der Waals surface area contributed by atoms with Crippen LogP contribution >= 0.6 is 23.2 Å². The number of para-hydroxylation sites is 1. The van der Waals surface area contributed by atoms with Crippen molar-refractivity contribution in [3.8, 4) is 11.5 Å². The molecule has 8 nitrogen and oxygen atoms in total. The number of fused-ring (bicyclic) bond motifs is 5. The number of benzene rings is 3. The average Bonchev–Trinajstić information content (AvgIpc) is 3.39. The van der Waals surface area contributed by atoms with Crippen molar-refractivity contribution in [2.45, 2.75) is 29.0 Å². The highest BCUT2D eigenvalue weighted by Gasteiger charge is 2.77. The molecule has 2 saturated heterocycles. The van der Waals surface area contributed by atoms with E-state index < -0.39 is 57.0 Å². The highest BCUT2D eigenvalue weighted by molar-refractivity contribution is 6.58. The summed E-state index contributed by atoms with van der Waals surface area (Å²) in [6, 6.07) is 18.2. The zero-order chi connectivity index (χ0) is 32.1. The minimum Gasteiger partial charge on any atom is -0.508 e. The van der Waals surface area contributed by atoms with Crippen LogP contribution in [0.4, 0.5) is 15.8 Å². The fraction of sp³-hybridized carbons (Fsp3) is 0.257. The molecule has 4 amide bonds. The van der Waals surface area contributed by atoms with Gasteiger partial charge in [0.15, 0.2) is 9.75 Å². The molecule has 46 heavy (non-hydrogen) atoms. The second-order valence-electron chi connectivity index (χ2n) is 12.4. The Morgan fingerprint density at radius 2 is 1.57 bits per heavy atom. The summed E-state index contributed by atoms with van der Waals surface area (Å²) in [6.07, 6.45) is 3.58. The monoisotopic (exact) mass is 658 g/mol. The molecule has 0 spiro atoms. The molecule has 2 aliphatic carbocycles. The molecule has 232 valence electrons. The molecule has 5 aliphatic rings. The number of anilines is 2. The lowest BCUT2D eigenvalue weighted by Gasteiger charge is -2.51. The molecule has 8 rings (SSSR count). The Labute approximate surface area is 272 Å². The number of hydrogen-bond donors (Lipinski definition) is 1. The molecule has 0 radical (unpaired) electrons. The number of halogens is 3. The van der Waals surface area contributed by atoms with Crippen LogP contribution in [0.1, 0.15) is 18.4 Å². The Balaban J connectivity index is 1.28. The summed E-state index contributed by atoms with van der Waals surface area (Å²) in [6.45, 7) is 0. The van der Waals surface area contributed by atoms with Crippen LogP contribution in [-0.4, -0.2) is 38.5 Å². The third kappa shape index (κ3) is 3.78. The van der Waals surface area contributed by atoms with Crippen molar-refractivity contribution in [2.75, 3.05) is 9.80 Å². The maximum atomic E-state index is 14.5. The van der Waals surface area contributed by atoms with Gasteiger partial charge in [-0.25, -0.2) is 9.29 Å². The molecule has 0 aromatic heterocycles. The molecule has 3 aromatic carbocycles. The number of phenolic OH excluding ortho intramolecular Hbond substituents is 1. The first-order chi connectivity index (χ1) is 22.0. The van der Waals surface area contributed by atoms with Crippen molar-refractivity contribution in [1.29, 1.82) is 0 Å². The van der Waals surface area contributed by atoms with Gasteiger partial charge in [0.05, 0.1) is 29.5 Å². The number of aromatic hydroxyl groups is 1. The number of allylic oxidation sites excluding steroid dienone is 3. The number of ether oxygens (including phenoxy) is 1. The SMILES string of the molecule is O=C1[C@H]2[C@H](CC=C3[C@H](C4=COc5ccc(O)cc5C4)[C@]4(Cl)C(=O)N(c5ccc(F)cc5)C(=O)[C@]4(Cl)C[C@H]32)C(=O)N1c1ccccc1. The molecule has 0 bridgehead atoms. The van der Waals surface area contributed by atoms with E-state index in [0.29, 0.717) is 28.1 Å². The van der Waals surface area contributed by atoms with Gasteiger partial charge < -0.3 is 9.84 Å². The first-order valence-electron chi connectivity index (χ1n) is 14.9. The van der Waals surface area contributed by atoms with E-state index in [1.54, 1.807) is 42.5 Å². The summed E-state index contributed by atoms with van der Waals surface area (Å²) in [5, 5.41) is 10.2. The fourth-order valence-electron chi connectivity index (χ4n) is 8.04. The Morgan fingerprint density at radius 1 is 0.848 bits per heavy atom. The minimum absolute atomic E-state index is 0.0165. The molecule has 0 unspecified atom stereocenters. The lowest BCUT2D eigenvalue weighted by molar-refractivity contribution is -0.125. The van der Waals surface area contributed by atoms with Crippen LogP contribution < -0.4 is 14.5 Å². The van der Waals surface area contributed by atoms with Crippen LogP contribution in [-0.2, 0) is 25.6 Å².